The van der Waals surface area contributed by atoms with E-state index in [0.29, 0.717) is 0 Å². The van der Waals surface area contributed by atoms with Crippen molar-refractivity contribution in [2.24, 2.45) is 10.2 Å². The third kappa shape index (κ3) is 19.9. The predicted octanol–water partition coefficient (Wildman–Crippen LogP) is 1.33. The molecule has 0 radical (unpaired) electrons. The molecule has 0 aromatic carbocycles. The van der Waals surface area contributed by atoms with Crippen LogP contribution < -0.4 is 5.11 Å². The Balaban J connectivity index is -0.0000000956. The van der Waals surface area contributed by atoms with Gasteiger partial charge in [0, 0.05) is 6.20 Å². The van der Waals surface area contributed by atoms with Crippen molar-refractivity contribution in [3.05, 3.63) is 28.2 Å². The van der Waals surface area contributed by atoms with Crippen LogP contribution in [0.3, 0.4) is 0 Å². The minimum atomic E-state index is -1.22. The quantitative estimate of drug-likeness (QED) is 0.681. The molecule has 1 atom stereocenters. The number of carboxylic acids is 1. The van der Waals surface area contributed by atoms with Gasteiger partial charge in [0.2, 0.25) is 0 Å². The Kier molecular flexibility index (Phi) is 27.9. The van der Waals surface area contributed by atoms with Gasteiger partial charge in [0.05, 0.1) is 5.97 Å². The normalized spacial score (nSPS) is 17.6. The first kappa shape index (κ1) is 26.9. The summed E-state index contributed by atoms with van der Waals surface area (Å²) in [6.07, 6.45) is 2.72. The smallest absolute Gasteiger partial charge is 0.668 e. The van der Waals surface area contributed by atoms with E-state index in [1.165, 1.54) is 19.2 Å². The molecule has 0 aliphatic carbocycles. The van der Waals surface area contributed by atoms with E-state index in [9.17, 15) is 9.90 Å². The van der Waals surface area contributed by atoms with Crippen molar-refractivity contribution in [1.82, 2.24) is 0 Å². The summed E-state index contributed by atoms with van der Waals surface area (Å²) >= 11 is 0. The minimum absolute atomic E-state index is 0. The van der Waals surface area contributed by atoms with Crippen LogP contribution in [0.2, 0.25) is 0 Å². The van der Waals surface area contributed by atoms with Crippen LogP contribution in [-0.4, -0.2) is 53.8 Å². The van der Waals surface area contributed by atoms with Crippen molar-refractivity contribution >= 4 is 5.97 Å². The van der Waals surface area contributed by atoms with Crippen LogP contribution >= 0.6 is 0 Å². The van der Waals surface area contributed by atoms with Crippen LogP contribution in [0, 0.1) is 0 Å². The molecular weight excluding hydrogens is 282 g/mol. The molecule has 1 aliphatic heterocycles. The number of rotatable bonds is 1. The monoisotopic (exact) mass is 305 g/mol. The molecule has 0 bridgehead atoms. The average Bonchev–Trinajstić information content (AvgIpc) is 2.70. The number of carbonyl (C=O) groups is 1. The Labute approximate surface area is 131 Å². The van der Waals surface area contributed by atoms with Crippen LogP contribution in [0.25, 0.3) is 16.0 Å². The largest absolute Gasteiger partial charge is 4.00 e. The first-order valence-corrected chi connectivity index (χ1v) is 5.15. The van der Waals surface area contributed by atoms with E-state index in [1.54, 1.807) is 42.3 Å². The summed E-state index contributed by atoms with van der Waals surface area (Å²) < 4.78 is 0. The van der Waals surface area contributed by atoms with Gasteiger partial charge in [-0.3, -0.25) is 0 Å². The molecule has 0 N–H and O–H groups in total. The summed E-state index contributed by atoms with van der Waals surface area (Å²) in [5.41, 5.74) is -1.22. The van der Waals surface area contributed by atoms with Gasteiger partial charge in [0.15, 0.2) is 0 Å². The fourth-order valence-corrected chi connectivity index (χ4v) is 0.474. The molecule has 1 unspecified atom stereocenters. The number of aliphatic carboxylic acids is 1. The minimum Gasteiger partial charge on any atom is -0.668 e. The van der Waals surface area contributed by atoms with Gasteiger partial charge in [-0.25, -0.2) is 0 Å². The molecule has 0 saturated carbocycles. The van der Waals surface area contributed by atoms with Gasteiger partial charge >= 0.3 is 21.7 Å². The number of hydrogen-bond donors (Lipinski definition) is 0. The molecule has 0 amide bonds. The van der Waals surface area contributed by atoms with Gasteiger partial charge in [0.1, 0.15) is 5.54 Å². The first-order valence-electron chi connectivity index (χ1n) is 5.15. The third-order valence-corrected chi connectivity index (χ3v) is 1.14. The van der Waals surface area contributed by atoms with Crippen molar-refractivity contribution in [3.8, 4) is 0 Å². The number of carboxylic acid groups (broad SMARTS) is 1. The van der Waals surface area contributed by atoms with Gasteiger partial charge in [-0.2, -0.15) is 52.5 Å². The Hall–Kier alpha value is -0.596. The Bertz CT molecular complexity index is 230. The topological polar surface area (TPSA) is 107 Å². The number of azo groups is 1. The average molecular weight is 305 g/mol. The Morgan fingerprint density at radius 1 is 1.05 bits per heavy atom. The zero-order valence-electron chi connectivity index (χ0n) is 12.7. The van der Waals surface area contributed by atoms with Gasteiger partial charge in [-0.15, -0.1) is 0 Å². The van der Waals surface area contributed by atoms with Crippen LogP contribution in [-0.2, 0) is 26.5 Å². The molecule has 8 heteroatoms. The number of carbonyl (C=O) groups excluding carboxylic acids is 1. The van der Waals surface area contributed by atoms with Gasteiger partial charge in [-0.05, 0) is 13.0 Å². The zero-order chi connectivity index (χ0) is 15.0. The van der Waals surface area contributed by atoms with Crippen molar-refractivity contribution in [1.29, 1.82) is 0 Å². The van der Waals surface area contributed by atoms with E-state index in [0.717, 1.165) is 0 Å². The fourth-order valence-electron chi connectivity index (χ4n) is 0.474. The molecule has 0 spiro atoms. The van der Waals surface area contributed by atoms with Gasteiger partial charge < -0.3 is 25.9 Å². The summed E-state index contributed by atoms with van der Waals surface area (Å²) in [6.45, 7) is 1.43. The third-order valence-electron chi connectivity index (χ3n) is 1.14. The summed E-state index contributed by atoms with van der Waals surface area (Å²) in [4.78, 5) is 10.2. The van der Waals surface area contributed by atoms with Crippen molar-refractivity contribution in [2.45, 2.75) is 12.5 Å². The second-order valence-electron chi connectivity index (χ2n) is 3.31. The summed E-state index contributed by atoms with van der Waals surface area (Å²) in [7, 11) is 10.5. The number of hydrogen-bond acceptors (Lipinski definition) is 4. The number of nitrogens with zero attached hydrogens (tertiary/aromatic N) is 5. The molecule has 1 heterocycles. The molecule has 0 aromatic heterocycles. The van der Waals surface area contributed by atoms with Crippen molar-refractivity contribution < 1.29 is 31.6 Å². The fraction of sp³-hybridized carbons (Fsp3) is 0.727. The van der Waals surface area contributed by atoms with E-state index >= 15 is 0 Å². The van der Waals surface area contributed by atoms with Gasteiger partial charge in [-0.1, -0.05) is 0 Å². The molecule has 1 aliphatic rings. The first-order chi connectivity index (χ1) is 8.39. The SMILES string of the molecule is CC1(C(=O)[O-])C=CN=N1.C[N-]C.C[N-]C.C[N-]C.[Ti+4]. The molecule has 1 rings (SSSR count). The second-order valence-corrected chi connectivity index (χ2v) is 3.31. The molecule has 0 aromatic rings. The maximum Gasteiger partial charge on any atom is 4.00 e. The predicted molar refractivity (Wildman–Crippen MR) is 73.0 cm³/mol. The van der Waals surface area contributed by atoms with Gasteiger partial charge in [0.25, 0.3) is 0 Å². The van der Waals surface area contributed by atoms with Crippen molar-refractivity contribution in [2.75, 3.05) is 42.3 Å². The van der Waals surface area contributed by atoms with Crippen LogP contribution in [0.15, 0.2) is 22.5 Å². The Morgan fingerprint density at radius 2 is 1.37 bits per heavy atom. The standard InChI is InChI=1S/C5H6N2O2.3C2H6N.Ti/c1-5(4(8)9)2-3-6-7-5;3*1-3-2;/h2-3H,1H3,(H,8,9);3*1-2H3;/q;3*-1;+4/p-1. The summed E-state index contributed by atoms with van der Waals surface area (Å²) in [5.74, 6) is -1.22. The maximum absolute atomic E-state index is 10.2. The van der Waals surface area contributed by atoms with Crippen LogP contribution in [0.5, 0.6) is 0 Å². The maximum atomic E-state index is 10.2. The molecular formula is C11H23N5O2Ti. The van der Waals surface area contributed by atoms with E-state index < -0.39 is 11.5 Å². The summed E-state index contributed by atoms with van der Waals surface area (Å²) in [6, 6.07) is 0. The Morgan fingerprint density at radius 3 is 1.47 bits per heavy atom. The zero-order valence-corrected chi connectivity index (χ0v) is 14.3. The van der Waals surface area contributed by atoms with E-state index in [-0.39, 0.29) is 21.7 Å². The van der Waals surface area contributed by atoms with E-state index in [2.05, 4.69) is 26.2 Å². The van der Waals surface area contributed by atoms with Crippen LogP contribution in [0.1, 0.15) is 6.92 Å². The second kappa shape index (κ2) is 19.7. The van der Waals surface area contributed by atoms with Crippen LogP contribution in [0.4, 0.5) is 0 Å². The van der Waals surface area contributed by atoms with E-state index in [4.69, 9.17) is 0 Å². The summed E-state index contributed by atoms with van der Waals surface area (Å²) in [5, 5.41) is 27.5. The molecule has 108 valence electrons. The molecule has 0 fully saturated rings. The molecule has 7 nitrogen and oxygen atoms in total. The van der Waals surface area contributed by atoms with Crippen molar-refractivity contribution in [3.63, 3.8) is 0 Å². The van der Waals surface area contributed by atoms with E-state index in [1.807, 2.05) is 0 Å². The molecule has 19 heavy (non-hydrogen) atoms. The molecule has 0 saturated heterocycles.